The van der Waals surface area contributed by atoms with Crippen LogP contribution in [0.25, 0.3) is 0 Å². The summed E-state index contributed by atoms with van der Waals surface area (Å²) in [6.45, 7) is 3.00. The van der Waals surface area contributed by atoms with Crippen molar-refractivity contribution >= 4 is 79.6 Å². The molecule has 0 atom stereocenters. The number of amides is 2. The molecule has 0 fully saturated rings. The van der Waals surface area contributed by atoms with Gasteiger partial charge in [0.05, 0.1) is 21.5 Å². The molecule has 0 aliphatic carbocycles. The zero-order valence-electron chi connectivity index (χ0n) is 13.2. The number of carbonyl (C=O) groups excluding carboxylic acids is 1. The first-order valence-electron chi connectivity index (χ1n) is 6.99. The molecule has 0 radical (unpaired) electrons. The van der Waals surface area contributed by atoms with Crippen molar-refractivity contribution < 1.29 is 13.2 Å². The Bertz CT molecular complexity index is 781. The van der Waals surface area contributed by atoms with Crippen molar-refractivity contribution in [2.45, 2.75) is 18.7 Å². The normalized spacial score (nSPS) is 12.8. The predicted molar refractivity (Wildman–Crippen MR) is 106 cm³/mol. The van der Waals surface area contributed by atoms with Gasteiger partial charge in [-0.2, -0.15) is 0 Å². The highest BCUT2D eigenvalue weighted by atomic mass is 35.5. The Morgan fingerprint density at radius 2 is 1.84 bits per heavy atom. The molecule has 5 nitrogen and oxygen atoms in total. The third-order valence-electron chi connectivity index (χ3n) is 3.05. The quantitative estimate of drug-likeness (QED) is 0.561. The van der Waals surface area contributed by atoms with Crippen LogP contribution in [0.5, 0.6) is 0 Å². The Morgan fingerprint density at radius 1 is 1.24 bits per heavy atom. The second-order valence-electron chi connectivity index (χ2n) is 4.66. The Balaban J connectivity index is 3.32. The highest BCUT2D eigenvalue weighted by molar-refractivity contribution is 7.95. The number of urea groups is 1. The summed E-state index contributed by atoms with van der Waals surface area (Å²) in [7, 11) is -3.88. The van der Waals surface area contributed by atoms with Gasteiger partial charge < -0.3 is 5.32 Å². The Kier molecular flexibility index (Phi) is 8.64. The summed E-state index contributed by atoms with van der Waals surface area (Å²) in [4.78, 5) is 12.2. The summed E-state index contributed by atoms with van der Waals surface area (Å²) in [5.74, 6) is -0.287. The number of anilines is 1. The molecule has 1 aromatic carbocycles. The maximum absolute atomic E-state index is 12.6. The molecule has 0 aliphatic heterocycles. The van der Waals surface area contributed by atoms with Crippen molar-refractivity contribution in [2.75, 3.05) is 17.6 Å². The van der Waals surface area contributed by atoms with Crippen molar-refractivity contribution in [3.8, 4) is 0 Å². The predicted octanol–water partition coefficient (Wildman–Crippen LogP) is 5.49. The van der Waals surface area contributed by atoms with Gasteiger partial charge in [0.1, 0.15) is 4.84 Å². The summed E-state index contributed by atoms with van der Waals surface area (Å²) in [6, 6.07) is 3.70. The van der Waals surface area contributed by atoms with Gasteiger partial charge in [-0.15, -0.1) is 0 Å². The average Bonchev–Trinajstić information content (AvgIpc) is 2.53. The summed E-state index contributed by atoms with van der Waals surface area (Å²) in [5, 5.41) is 2.29. The molecule has 1 aromatic rings. The maximum Gasteiger partial charge on any atom is 0.326 e. The fourth-order valence-corrected chi connectivity index (χ4v) is 4.31. The van der Waals surface area contributed by atoms with Gasteiger partial charge in [0.2, 0.25) is 0 Å². The Hall–Kier alpha value is -0.370. The van der Waals surface area contributed by atoms with Crippen LogP contribution >= 0.6 is 58.0 Å². The first-order valence-corrected chi connectivity index (χ1v) is 10.6. The molecule has 1 N–H and O–H groups in total. The van der Waals surface area contributed by atoms with Crippen LogP contribution in [0.15, 0.2) is 28.3 Å². The molecule has 0 aromatic heterocycles. The van der Waals surface area contributed by atoms with Crippen LogP contribution in [0.1, 0.15) is 13.8 Å². The first-order chi connectivity index (χ1) is 11.5. The number of allylic oxidation sites excluding steroid dienone is 1. The number of halogens is 5. The van der Waals surface area contributed by atoms with Gasteiger partial charge in [-0.3, -0.25) is 4.90 Å². The fourth-order valence-electron chi connectivity index (χ4n) is 1.83. The van der Waals surface area contributed by atoms with E-state index in [0.29, 0.717) is 5.02 Å². The Labute approximate surface area is 171 Å². The van der Waals surface area contributed by atoms with E-state index in [1.54, 1.807) is 6.92 Å². The van der Waals surface area contributed by atoms with Crippen molar-refractivity contribution in [1.29, 1.82) is 0 Å². The zero-order chi connectivity index (χ0) is 19.4. The van der Waals surface area contributed by atoms with E-state index in [4.69, 9.17) is 58.0 Å². The van der Waals surface area contributed by atoms with E-state index < -0.39 is 25.7 Å². The molecule has 0 spiro atoms. The van der Waals surface area contributed by atoms with Gasteiger partial charge in [0.25, 0.3) is 0 Å². The lowest BCUT2D eigenvalue weighted by atomic mass is 10.3. The van der Waals surface area contributed by atoms with Crippen molar-refractivity contribution in [1.82, 2.24) is 4.90 Å². The van der Waals surface area contributed by atoms with Crippen molar-refractivity contribution in [3.63, 3.8) is 0 Å². The molecule has 2 amide bonds. The summed E-state index contributed by atoms with van der Waals surface area (Å²) >= 11 is 29.2. The van der Waals surface area contributed by atoms with Crippen LogP contribution in [0.4, 0.5) is 10.5 Å². The molecule has 0 heterocycles. The van der Waals surface area contributed by atoms with Gasteiger partial charge in [-0.25, -0.2) is 13.2 Å². The van der Waals surface area contributed by atoms with Gasteiger partial charge in [-0.05, 0) is 25.1 Å². The largest absolute Gasteiger partial charge is 0.326 e. The van der Waals surface area contributed by atoms with E-state index in [0.717, 1.165) is 4.90 Å². The minimum absolute atomic E-state index is 0.00230. The van der Waals surface area contributed by atoms with Crippen LogP contribution in [0.3, 0.4) is 0 Å². The number of carbonyl (C=O) groups is 1. The fraction of sp³-hybridized carbons (Fsp3) is 0.357. The lowest BCUT2D eigenvalue weighted by Crippen LogP contribution is -2.38. The zero-order valence-corrected chi connectivity index (χ0v) is 17.8. The molecule has 140 valence electrons. The van der Waals surface area contributed by atoms with Gasteiger partial charge in [-0.1, -0.05) is 64.9 Å². The molecule has 1 rings (SSSR count). The topological polar surface area (TPSA) is 66.5 Å². The highest BCUT2D eigenvalue weighted by Gasteiger charge is 2.31. The van der Waals surface area contributed by atoms with Crippen LogP contribution in [-0.2, 0) is 9.84 Å². The molecular formula is C14H15Cl5N2O3S. The summed E-state index contributed by atoms with van der Waals surface area (Å²) < 4.78 is 24.8. The molecule has 0 aliphatic rings. The minimum atomic E-state index is -3.88. The lowest BCUT2D eigenvalue weighted by molar-refractivity contribution is 0.228. The number of hydrogen-bond acceptors (Lipinski definition) is 3. The number of hydrogen-bond donors (Lipinski definition) is 1. The van der Waals surface area contributed by atoms with Crippen LogP contribution in [-0.4, -0.2) is 36.5 Å². The monoisotopic (exact) mass is 466 g/mol. The number of nitrogens with zero attached hydrogens (tertiary/aromatic N) is 1. The molecule has 0 bridgehead atoms. The smallest absolute Gasteiger partial charge is 0.306 e. The second kappa shape index (κ2) is 9.53. The first kappa shape index (κ1) is 22.7. The van der Waals surface area contributed by atoms with Gasteiger partial charge >= 0.3 is 6.03 Å². The SMILES string of the molecule is CCN(C(=O)Nc1ccc(Cl)cc1Cl)C(=C(Cl)C(Cl)Cl)S(=O)(=O)CC. The third kappa shape index (κ3) is 5.81. The second-order valence-corrected chi connectivity index (χ2v) is 9.20. The number of nitrogens with one attached hydrogen (secondary N) is 1. The van der Waals surface area contributed by atoms with E-state index in [-0.39, 0.29) is 28.0 Å². The molecule has 25 heavy (non-hydrogen) atoms. The summed E-state index contributed by atoms with van der Waals surface area (Å²) in [6.07, 6.45) is 0. The average molecular weight is 469 g/mol. The van der Waals surface area contributed by atoms with Crippen LogP contribution < -0.4 is 5.32 Å². The van der Waals surface area contributed by atoms with E-state index in [2.05, 4.69) is 5.32 Å². The maximum atomic E-state index is 12.6. The van der Waals surface area contributed by atoms with Crippen molar-refractivity contribution in [2.24, 2.45) is 0 Å². The standard InChI is InChI=1S/C14H15Cl5N2O3S/c1-3-21(13(11(17)12(18)19)25(23,24)4-2)14(22)20-10-6-5-8(15)7-9(10)16/h5-7,12H,3-4H2,1-2H3,(H,20,22). The van der Waals surface area contributed by atoms with Crippen molar-refractivity contribution in [3.05, 3.63) is 38.3 Å². The van der Waals surface area contributed by atoms with E-state index in [1.165, 1.54) is 25.1 Å². The minimum Gasteiger partial charge on any atom is -0.306 e. The van der Waals surface area contributed by atoms with E-state index >= 15 is 0 Å². The number of rotatable bonds is 6. The van der Waals surface area contributed by atoms with Crippen LogP contribution in [0, 0.1) is 0 Å². The number of sulfone groups is 1. The van der Waals surface area contributed by atoms with E-state index in [9.17, 15) is 13.2 Å². The highest BCUT2D eigenvalue weighted by Crippen LogP contribution is 2.30. The van der Waals surface area contributed by atoms with E-state index in [1.807, 2.05) is 0 Å². The lowest BCUT2D eigenvalue weighted by Gasteiger charge is -2.25. The molecule has 0 unspecified atom stereocenters. The molecular weight excluding hydrogens is 453 g/mol. The molecule has 11 heteroatoms. The summed E-state index contributed by atoms with van der Waals surface area (Å²) in [5.41, 5.74) is 0.257. The molecule has 0 saturated heterocycles. The van der Waals surface area contributed by atoms with Crippen LogP contribution in [0.2, 0.25) is 10.0 Å². The Morgan fingerprint density at radius 3 is 2.28 bits per heavy atom. The van der Waals surface area contributed by atoms with Gasteiger partial charge in [0, 0.05) is 11.6 Å². The molecule has 0 saturated carbocycles. The third-order valence-corrected chi connectivity index (χ3v) is 6.56. The number of alkyl halides is 2. The van der Waals surface area contributed by atoms with Gasteiger partial charge in [0.15, 0.2) is 14.9 Å². The number of benzene rings is 1.